The van der Waals surface area contributed by atoms with Crippen molar-refractivity contribution >= 4 is 33.2 Å². The monoisotopic (exact) mass is 433 g/mol. The van der Waals surface area contributed by atoms with Gasteiger partial charge in [-0.15, -0.1) is 0 Å². The first kappa shape index (κ1) is 20.8. The molecule has 0 aliphatic heterocycles. The van der Waals surface area contributed by atoms with Crippen LogP contribution in [0.15, 0.2) is 71.6 Å². The number of anilines is 1. The summed E-state index contributed by atoms with van der Waals surface area (Å²) < 4.78 is 46.6. The van der Waals surface area contributed by atoms with Crippen LogP contribution in [0.5, 0.6) is 5.75 Å². The maximum atomic E-state index is 14.3. The Balaban J connectivity index is 2.21. The summed E-state index contributed by atoms with van der Waals surface area (Å²) in [6.45, 7) is 1.81. The number of sulfonamides is 1. The second-order valence-corrected chi connectivity index (χ2v) is 8.38. The van der Waals surface area contributed by atoms with Gasteiger partial charge in [-0.25, -0.2) is 12.8 Å². The van der Waals surface area contributed by atoms with Crippen LogP contribution in [0.1, 0.15) is 15.9 Å². The Labute approximate surface area is 173 Å². The van der Waals surface area contributed by atoms with Crippen molar-refractivity contribution in [2.24, 2.45) is 0 Å². The minimum absolute atomic E-state index is 0.0374. The summed E-state index contributed by atoms with van der Waals surface area (Å²) in [6, 6.07) is 15.3. The number of aryl methyl sites for hydroxylation is 1. The number of rotatable bonds is 5. The largest absolute Gasteiger partial charge is 0.495 e. The van der Waals surface area contributed by atoms with Crippen LogP contribution >= 0.6 is 11.6 Å². The fraction of sp³-hybridized carbons (Fsp3) is 0.0952. The van der Waals surface area contributed by atoms with Gasteiger partial charge in [0.1, 0.15) is 11.6 Å². The van der Waals surface area contributed by atoms with Crippen molar-refractivity contribution in [1.82, 2.24) is 0 Å². The van der Waals surface area contributed by atoms with Crippen molar-refractivity contribution in [1.29, 1.82) is 0 Å². The Kier molecular flexibility index (Phi) is 5.91. The molecule has 150 valence electrons. The summed E-state index contributed by atoms with van der Waals surface area (Å²) in [5.74, 6) is -1.56. The molecule has 3 rings (SSSR count). The lowest BCUT2D eigenvalue weighted by Crippen LogP contribution is -2.37. The van der Waals surface area contributed by atoms with E-state index in [1.807, 2.05) is 6.92 Å². The van der Waals surface area contributed by atoms with Crippen LogP contribution in [0, 0.1) is 12.7 Å². The predicted octanol–water partition coefficient (Wildman–Crippen LogP) is 4.83. The van der Waals surface area contributed by atoms with Crippen molar-refractivity contribution < 1.29 is 22.3 Å². The third-order valence-corrected chi connectivity index (χ3v) is 6.24. The Morgan fingerprint density at radius 2 is 1.69 bits per heavy atom. The van der Waals surface area contributed by atoms with Crippen molar-refractivity contribution in [2.75, 3.05) is 11.4 Å². The SMILES string of the molecule is COc1ccc(N(C(=O)c2ccccc2F)S(=O)(=O)c2ccc(C)cc2)cc1Cl. The highest BCUT2D eigenvalue weighted by Crippen LogP contribution is 2.33. The summed E-state index contributed by atoms with van der Waals surface area (Å²) in [5, 5.41) is 0.107. The van der Waals surface area contributed by atoms with E-state index >= 15 is 0 Å². The standard InChI is InChI=1S/C21H17ClFNO4S/c1-14-7-10-16(11-8-14)29(26,27)24(15-9-12-20(28-2)18(22)13-15)21(25)17-5-3-4-6-19(17)23/h3-13H,1-2H3. The third-order valence-electron chi connectivity index (χ3n) is 4.22. The van der Waals surface area contributed by atoms with E-state index in [9.17, 15) is 17.6 Å². The Morgan fingerprint density at radius 1 is 1.03 bits per heavy atom. The number of carbonyl (C=O) groups is 1. The molecule has 0 atom stereocenters. The van der Waals surface area contributed by atoms with Crippen LogP contribution in [-0.4, -0.2) is 21.4 Å². The maximum Gasteiger partial charge on any atom is 0.275 e. The molecule has 0 radical (unpaired) electrons. The second kappa shape index (κ2) is 8.23. The van der Waals surface area contributed by atoms with E-state index in [2.05, 4.69) is 0 Å². The zero-order chi connectivity index (χ0) is 21.2. The molecule has 3 aromatic rings. The van der Waals surface area contributed by atoms with E-state index < -0.39 is 21.7 Å². The van der Waals surface area contributed by atoms with Crippen molar-refractivity contribution in [2.45, 2.75) is 11.8 Å². The predicted molar refractivity (Wildman–Crippen MR) is 110 cm³/mol. The van der Waals surface area contributed by atoms with Crippen molar-refractivity contribution in [3.8, 4) is 5.75 Å². The molecular weight excluding hydrogens is 417 g/mol. The number of methoxy groups -OCH3 is 1. The zero-order valence-corrected chi connectivity index (χ0v) is 17.2. The van der Waals surface area contributed by atoms with E-state index in [1.54, 1.807) is 12.1 Å². The average molecular weight is 434 g/mol. The normalized spacial score (nSPS) is 11.2. The van der Waals surface area contributed by atoms with Gasteiger partial charge in [0.2, 0.25) is 0 Å². The molecule has 3 aromatic carbocycles. The highest BCUT2D eigenvalue weighted by Gasteiger charge is 2.33. The average Bonchev–Trinajstić information content (AvgIpc) is 2.68. The Morgan fingerprint density at radius 3 is 2.28 bits per heavy atom. The van der Waals surface area contributed by atoms with E-state index in [0.29, 0.717) is 10.1 Å². The number of nitrogens with zero attached hydrogens (tertiary/aromatic N) is 1. The fourth-order valence-electron chi connectivity index (χ4n) is 2.71. The first-order valence-electron chi connectivity index (χ1n) is 8.50. The van der Waals surface area contributed by atoms with Gasteiger partial charge in [-0.1, -0.05) is 41.4 Å². The van der Waals surface area contributed by atoms with Crippen molar-refractivity contribution in [3.63, 3.8) is 0 Å². The quantitative estimate of drug-likeness (QED) is 0.578. The molecular formula is C21H17ClFNO4S. The molecule has 5 nitrogen and oxygen atoms in total. The Bertz CT molecular complexity index is 1160. The van der Waals surface area contributed by atoms with Gasteiger partial charge >= 0.3 is 0 Å². The van der Waals surface area contributed by atoms with Gasteiger partial charge in [0.15, 0.2) is 0 Å². The lowest BCUT2D eigenvalue weighted by atomic mass is 10.2. The first-order valence-corrected chi connectivity index (χ1v) is 10.3. The summed E-state index contributed by atoms with van der Waals surface area (Å²) in [5.41, 5.74) is 0.433. The van der Waals surface area contributed by atoms with Crippen LogP contribution in [-0.2, 0) is 10.0 Å². The second-order valence-electron chi connectivity index (χ2n) is 6.19. The molecule has 8 heteroatoms. The van der Waals surface area contributed by atoms with Crippen LogP contribution < -0.4 is 9.04 Å². The third kappa shape index (κ3) is 4.11. The molecule has 0 spiro atoms. The molecule has 0 bridgehead atoms. The number of hydrogen-bond donors (Lipinski definition) is 0. The topological polar surface area (TPSA) is 63.7 Å². The molecule has 29 heavy (non-hydrogen) atoms. The number of hydrogen-bond acceptors (Lipinski definition) is 4. The van der Waals surface area contributed by atoms with Crippen LogP contribution in [0.2, 0.25) is 5.02 Å². The summed E-state index contributed by atoms with van der Waals surface area (Å²) in [7, 11) is -2.94. The summed E-state index contributed by atoms with van der Waals surface area (Å²) >= 11 is 6.14. The van der Waals surface area contributed by atoms with Gasteiger partial charge in [-0.2, -0.15) is 4.31 Å². The molecule has 0 aromatic heterocycles. The highest BCUT2D eigenvalue weighted by atomic mass is 35.5. The number of ether oxygens (including phenoxy) is 1. The van der Waals surface area contributed by atoms with Gasteiger partial charge in [0.25, 0.3) is 15.9 Å². The molecule has 0 aliphatic carbocycles. The van der Waals surface area contributed by atoms with Crippen LogP contribution in [0.3, 0.4) is 0 Å². The van der Waals surface area contributed by atoms with E-state index in [1.165, 1.54) is 55.6 Å². The van der Waals surface area contributed by atoms with Gasteiger partial charge in [-0.05, 0) is 49.4 Å². The molecule has 0 heterocycles. The number of benzene rings is 3. The van der Waals surface area contributed by atoms with Gasteiger partial charge in [0.05, 0.1) is 28.3 Å². The van der Waals surface area contributed by atoms with E-state index in [4.69, 9.17) is 16.3 Å². The molecule has 0 aliphatic rings. The fourth-order valence-corrected chi connectivity index (χ4v) is 4.36. The van der Waals surface area contributed by atoms with E-state index in [-0.39, 0.29) is 21.2 Å². The lowest BCUT2D eigenvalue weighted by molar-refractivity contribution is 0.100. The molecule has 0 unspecified atom stereocenters. The number of amides is 1. The van der Waals surface area contributed by atoms with Crippen LogP contribution in [0.4, 0.5) is 10.1 Å². The molecule has 0 saturated carbocycles. The maximum absolute atomic E-state index is 14.3. The lowest BCUT2D eigenvalue weighted by Gasteiger charge is -2.23. The van der Waals surface area contributed by atoms with E-state index in [0.717, 1.165) is 11.6 Å². The molecule has 1 amide bonds. The minimum Gasteiger partial charge on any atom is -0.495 e. The van der Waals surface area contributed by atoms with Gasteiger partial charge in [0, 0.05) is 0 Å². The number of halogens is 2. The minimum atomic E-state index is -4.35. The van der Waals surface area contributed by atoms with Gasteiger partial charge < -0.3 is 4.74 Å². The van der Waals surface area contributed by atoms with Crippen molar-refractivity contribution in [3.05, 3.63) is 88.7 Å². The number of carbonyl (C=O) groups excluding carboxylic acids is 1. The van der Waals surface area contributed by atoms with Gasteiger partial charge in [-0.3, -0.25) is 4.79 Å². The summed E-state index contributed by atoms with van der Waals surface area (Å²) in [4.78, 5) is 13.0. The molecule has 0 fully saturated rings. The Hall–Kier alpha value is -2.90. The van der Waals surface area contributed by atoms with Crippen LogP contribution in [0.25, 0.3) is 0 Å². The summed E-state index contributed by atoms with van der Waals surface area (Å²) in [6.07, 6.45) is 0. The highest BCUT2D eigenvalue weighted by molar-refractivity contribution is 7.93. The smallest absolute Gasteiger partial charge is 0.275 e. The molecule has 0 saturated heterocycles. The zero-order valence-electron chi connectivity index (χ0n) is 15.6. The molecule has 0 N–H and O–H groups in total. The first-order chi connectivity index (χ1) is 13.8.